The molecule has 31 heavy (non-hydrogen) atoms. The van der Waals surface area contributed by atoms with Crippen molar-refractivity contribution in [1.82, 2.24) is 9.80 Å². The van der Waals surface area contributed by atoms with Crippen LogP contribution in [0.2, 0.25) is 0 Å². The van der Waals surface area contributed by atoms with Gasteiger partial charge >= 0.3 is 6.09 Å². The van der Waals surface area contributed by atoms with Gasteiger partial charge in [0, 0.05) is 39.6 Å². The average molecular weight is 430 g/mol. The van der Waals surface area contributed by atoms with Crippen molar-refractivity contribution in [1.29, 1.82) is 0 Å². The van der Waals surface area contributed by atoms with E-state index in [2.05, 4.69) is 0 Å². The number of hydrogen-bond acceptors (Lipinski definition) is 4. The smallest absolute Gasteiger partial charge is 0.410 e. The van der Waals surface area contributed by atoms with E-state index in [4.69, 9.17) is 4.74 Å². The second kappa shape index (κ2) is 9.28. The highest BCUT2D eigenvalue weighted by Gasteiger charge is 2.34. The molecule has 170 valence electrons. The van der Waals surface area contributed by atoms with E-state index in [-0.39, 0.29) is 29.7 Å². The van der Waals surface area contributed by atoms with E-state index in [1.807, 2.05) is 43.9 Å². The molecule has 0 bridgehead atoms. The van der Waals surface area contributed by atoms with Crippen molar-refractivity contribution in [2.45, 2.75) is 52.1 Å². The first kappa shape index (κ1) is 23.1. The molecule has 1 saturated carbocycles. The lowest BCUT2D eigenvalue weighted by Crippen LogP contribution is -2.45. The standard InChI is InChI=1S/C24H35N3O4/c1-24(2,3)31-23(30)25(4)15-17-9-8-14-27(16-17)22(29)19-10-6-7-11-20(19)26(5)21(28)18-12-13-18/h6-7,10-11,17-18H,8-9,12-16H2,1-5H3. The minimum atomic E-state index is -0.534. The molecule has 0 spiro atoms. The summed E-state index contributed by atoms with van der Waals surface area (Å²) in [5.74, 6) is 0.301. The Labute approximate surface area is 185 Å². The predicted molar refractivity (Wildman–Crippen MR) is 120 cm³/mol. The molecule has 1 atom stereocenters. The SMILES string of the molecule is CN(CC1CCCN(C(=O)c2ccccc2N(C)C(=O)C2CC2)C1)C(=O)OC(C)(C)C. The summed E-state index contributed by atoms with van der Waals surface area (Å²) in [6.45, 7) is 7.35. The van der Waals surface area contributed by atoms with Crippen LogP contribution >= 0.6 is 0 Å². The summed E-state index contributed by atoms with van der Waals surface area (Å²) in [5.41, 5.74) is 0.686. The van der Waals surface area contributed by atoms with Gasteiger partial charge in [-0.2, -0.15) is 0 Å². The number of ether oxygens (including phenoxy) is 1. The molecule has 1 aliphatic heterocycles. The highest BCUT2D eigenvalue weighted by Crippen LogP contribution is 2.33. The van der Waals surface area contributed by atoms with Crippen molar-refractivity contribution in [2.75, 3.05) is 38.6 Å². The number of carbonyl (C=O) groups is 3. The van der Waals surface area contributed by atoms with Gasteiger partial charge in [-0.3, -0.25) is 9.59 Å². The minimum absolute atomic E-state index is 0.0596. The molecular weight excluding hydrogens is 394 g/mol. The van der Waals surface area contributed by atoms with Crippen LogP contribution in [0.4, 0.5) is 10.5 Å². The fourth-order valence-corrected chi connectivity index (χ4v) is 4.04. The lowest BCUT2D eigenvalue weighted by molar-refractivity contribution is -0.119. The second-order valence-corrected chi connectivity index (χ2v) is 9.81. The maximum atomic E-state index is 13.4. The van der Waals surface area contributed by atoms with Crippen LogP contribution in [0.25, 0.3) is 0 Å². The van der Waals surface area contributed by atoms with Gasteiger partial charge in [0.15, 0.2) is 0 Å². The fraction of sp³-hybridized carbons (Fsp3) is 0.625. The van der Waals surface area contributed by atoms with Crippen molar-refractivity contribution in [3.05, 3.63) is 29.8 Å². The van der Waals surface area contributed by atoms with Crippen LogP contribution < -0.4 is 4.90 Å². The van der Waals surface area contributed by atoms with Crippen LogP contribution in [0.5, 0.6) is 0 Å². The Morgan fingerprint density at radius 3 is 2.42 bits per heavy atom. The minimum Gasteiger partial charge on any atom is -0.444 e. The summed E-state index contributed by atoms with van der Waals surface area (Å²) < 4.78 is 5.44. The molecule has 1 saturated heterocycles. The largest absolute Gasteiger partial charge is 0.444 e. The summed E-state index contributed by atoms with van der Waals surface area (Å²) in [6.07, 6.45) is 3.36. The number of nitrogens with zero attached hydrogens (tertiary/aromatic N) is 3. The number of carbonyl (C=O) groups excluding carboxylic acids is 3. The van der Waals surface area contributed by atoms with Crippen LogP contribution in [0.3, 0.4) is 0 Å². The molecule has 7 nitrogen and oxygen atoms in total. The number of para-hydroxylation sites is 1. The molecule has 3 rings (SSSR count). The molecule has 1 aromatic carbocycles. The second-order valence-electron chi connectivity index (χ2n) is 9.81. The molecular formula is C24H35N3O4. The van der Waals surface area contributed by atoms with Gasteiger partial charge in [-0.05, 0) is 64.5 Å². The lowest BCUT2D eigenvalue weighted by Gasteiger charge is -2.35. The average Bonchev–Trinajstić information content (AvgIpc) is 3.56. The quantitative estimate of drug-likeness (QED) is 0.714. The van der Waals surface area contributed by atoms with Gasteiger partial charge in [-0.1, -0.05) is 12.1 Å². The molecule has 2 aliphatic rings. The first-order valence-corrected chi connectivity index (χ1v) is 11.2. The summed E-state index contributed by atoms with van der Waals surface area (Å²) >= 11 is 0. The molecule has 0 N–H and O–H groups in total. The molecule has 3 amide bonds. The third kappa shape index (κ3) is 5.99. The zero-order valence-corrected chi connectivity index (χ0v) is 19.4. The van der Waals surface area contributed by atoms with E-state index in [1.54, 1.807) is 30.0 Å². The zero-order valence-electron chi connectivity index (χ0n) is 19.4. The Hall–Kier alpha value is -2.57. The molecule has 7 heteroatoms. The van der Waals surface area contributed by atoms with E-state index >= 15 is 0 Å². The van der Waals surface area contributed by atoms with Crippen molar-refractivity contribution in [3.63, 3.8) is 0 Å². The summed E-state index contributed by atoms with van der Waals surface area (Å²) in [6, 6.07) is 7.33. The molecule has 1 heterocycles. The number of piperidine rings is 1. The van der Waals surface area contributed by atoms with E-state index in [0.29, 0.717) is 30.9 Å². The van der Waals surface area contributed by atoms with Gasteiger partial charge in [-0.15, -0.1) is 0 Å². The third-order valence-corrected chi connectivity index (χ3v) is 5.80. The number of likely N-dealkylation sites (tertiary alicyclic amines) is 1. The Balaban J connectivity index is 1.66. The Morgan fingerprint density at radius 1 is 1.10 bits per heavy atom. The Morgan fingerprint density at radius 2 is 1.77 bits per heavy atom. The van der Waals surface area contributed by atoms with Crippen LogP contribution in [0.1, 0.15) is 56.8 Å². The molecule has 2 fully saturated rings. The van der Waals surface area contributed by atoms with Crippen LogP contribution in [0, 0.1) is 11.8 Å². The van der Waals surface area contributed by atoms with E-state index in [1.165, 1.54) is 0 Å². The van der Waals surface area contributed by atoms with E-state index < -0.39 is 5.60 Å². The highest BCUT2D eigenvalue weighted by molar-refractivity contribution is 6.05. The zero-order chi connectivity index (χ0) is 22.8. The van der Waals surface area contributed by atoms with Gasteiger partial charge in [0.2, 0.25) is 5.91 Å². The first-order chi connectivity index (χ1) is 14.6. The third-order valence-electron chi connectivity index (χ3n) is 5.80. The Bertz CT molecular complexity index is 828. The topological polar surface area (TPSA) is 70.2 Å². The number of amides is 3. The van der Waals surface area contributed by atoms with E-state index in [0.717, 1.165) is 25.7 Å². The predicted octanol–water partition coefficient (Wildman–Crippen LogP) is 3.78. The van der Waals surface area contributed by atoms with Gasteiger partial charge in [0.05, 0.1) is 11.3 Å². The molecule has 0 radical (unpaired) electrons. The van der Waals surface area contributed by atoms with Gasteiger partial charge < -0.3 is 19.4 Å². The summed E-state index contributed by atoms with van der Waals surface area (Å²) in [4.78, 5) is 43.3. The van der Waals surface area contributed by atoms with Gasteiger partial charge in [0.25, 0.3) is 5.91 Å². The first-order valence-electron chi connectivity index (χ1n) is 11.2. The van der Waals surface area contributed by atoms with Gasteiger partial charge in [-0.25, -0.2) is 4.79 Å². The number of anilines is 1. The van der Waals surface area contributed by atoms with E-state index in [9.17, 15) is 14.4 Å². The number of benzene rings is 1. The molecule has 1 aromatic rings. The number of rotatable bonds is 5. The lowest BCUT2D eigenvalue weighted by atomic mass is 9.96. The van der Waals surface area contributed by atoms with Crippen molar-refractivity contribution in [3.8, 4) is 0 Å². The van der Waals surface area contributed by atoms with Crippen LogP contribution in [-0.4, -0.2) is 67.0 Å². The molecule has 1 unspecified atom stereocenters. The summed E-state index contributed by atoms with van der Waals surface area (Å²) in [7, 11) is 3.49. The van der Waals surface area contributed by atoms with Crippen LogP contribution in [-0.2, 0) is 9.53 Å². The fourth-order valence-electron chi connectivity index (χ4n) is 4.04. The maximum absolute atomic E-state index is 13.4. The van der Waals surface area contributed by atoms with Gasteiger partial charge in [0.1, 0.15) is 5.60 Å². The van der Waals surface area contributed by atoms with Crippen molar-refractivity contribution in [2.24, 2.45) is 11.8 Å². The summed E-state index contributed by atoms with van der Waals surface area (Å²) in [5, 5.41) is 0. The number of hydrogen-bond donors (Lipinski definition) is 0. The van der Waals surface area contributed by atoms with Crippen LogP contribution in [0.15, 0.2) is 24.3 Å². The highest BCUT2D eigenvalue weighted by atomic mass is 16.6. The van der Waals surface area contributed by atoms with Crippen molar-refractivity contribution < 1.29 is 19.1 Å². The Kier molecular flexibility index (Phi) is 6.92. The monoisotopic (exact) mass is 429 g/mol. The molecule has 0 aromatic heterocycles. The van der Waals surface area contributed by atoms with Crippen molar-refractivity contribution >= 4 is 23.6 Å². The molecule has 1 aliphatic carbocycles. The maximum Gasteiger partial charge on any atom is 0.410 e. The normalized spacial score (nSPS) is 19.0.